The molecule has 0 saturated carbocycles. The lowest BCUT2D eigenvalue weighted by Crippen LogP contribution is -2.21. The number of rotatable bonds is 3. The summed E-state index contributed by atoms with van der Waals surface area (Å²) in [6.07, 6.45) is 4.22. The minimum absolute atomic E-state index is 0.661. The van der Waals surface area contributed by atoms with Gasteiger partial charge in [-0.15, -0.1) is 0 Å². The van der Waals surface area contributed by atoms with Crippen molar-refractivity contribution < 1.29 is 5.11 Å². The van der Waals surface area contributed by atoms with Gasteiger partial charge in [0.25, 0.3) is 0 Å². The van der Waals surface area contributed by atoms with Gasteiger partial charge in [-0.1, -0.05) is 0 Å². The zero-order valence-corrected chi connectivity index (χ0v) is 11.5. The smallest absolute Gasteiger partial charge is 0.109 e. The quantitative estimate of drug-likeness (QED) is 0.878. The number of hydrogen-bond acceptors (Lipinski definition) is 3. The van der Waals surface area contributed by atoms with Gasteiger partial charge < -0.3 is 5.11 Å². The molecule has 0 atom stereocenters. The highest BCUT2D eigenvalue weighted by atomic mass is 127. The van der Waals surface area contributed by atoms with E-state index in [0.29, 0.717) is 13.0 Å². The lowest BCUT2D eigenvalue weighted by atomic mass is 10.1. The van der Waals surface area contributed by atoms with Crippen LogP contribution in [0, 0.1) is 3.57 Å². The second-order valence-corrected chi connectivity index (χ2v) is 5.62. The van der Waals surface area contributed by atoms with Crippen LogP contribution in [0.4, 0.5) is 0 Å². The van der Waals surface area contributed by atoms with Crippen LogP contribution in [0.3, 0.4) is 0 Å². The van der Waals surface area contributed by atoms with E-state index in [2.05, 4.69) is 32.7 Å². The molecule has 86 valence electrons. The molecule has 2 heterocycles. The number of aromatic nitrogens is 3. The molecular weight excluding hydrogens is 317 g/mol. The zero-order valence-electron chi connectivity index (χ0n) is 9.31. The molecule has 0 fully saturated rings. The maximum Gasteiger partial charge on any atom is 0.109 e. The molecule has 0 saturated heterocycles. The van der Waals surface area contributed by atoms with Crippen LogP contribution in [0.2, 0.25) is 0 Å². The highest BCUT2D eigenvalue weighted by molar-refractivity contribution is 14.1. The van der Waals surface area contributed by atoms with Crippen LogP contribution in [0.1, 0.15) is 20.3 Å². The molecule has 0 radical (unpaired) electrons. The van der Waals surface area contributed by atoms with E-state index in [1.807, 2.05) is 24.6 Å². The summed E-state index contributed by atoms with van der Waals surface area (Å²) in [6, 6.07) is 1.96. The lowest BCUT2D eigenvalue weighted by Gasteiger charge is -2.16. The van der Waals surface area contributed by atoms with Gasteiger partial charge in [-0.05, 0) is 48.9 Å². The average Bonchev–Trinajstić information content (AvgIpc) is 2.58. The molecule has 0 aliphatic carbocycles. The third-order valence-electron chi connectivity index (χ3n) is 2.42. The fourth-order valence-corrected chi connectivity index (χ4v) is 2.24. The fraction of sp³-hybridized carbons (Fsp3) is 0.455. The van der Waals surface area contributed by atoms with Crippen molar-refractivity contribution in [2.75, 3.05) is 0 Å². The summed E-state index contributed by atoms with van der Waals surface area (Å²) in [5, 5.41) is 14.0. The van der Waals surface area contributed by atoms with Gasteiger partial charge in [0, 0.05) is 16.3 Å². The van der Waals surface area contributed by atoms with Gasteiger partial charge in [0.05, 0.1) is 11.8 Å². The molecule has 2 aromatic rings. The maximum absolute atomic E-state index is 9.70. The van der Waals surface area contributed by atoms with Crippen LogP contribution in [0.5, 0.6) is 0 Å². The van der Waals surface area contributed by atoms with E-state index in [0.717, 1.165) is 14.6 Å². The van der Waals surface area contributed by atoms with Crippen LogP contribution < -0.4 is 0 Å². The molecule has 5 heteroatoms. The molecule has 0 spiro atoms. The molecule has 0 bridgehead atoms. The Morgan fingerprint density at radius 1 is 1.50 bits per heavy atom. The average molecular weight is 331 g/mol. The highest BCUT2D eigenvalue weighted by Crippen LogP contribution is 2.19. The lowest BCUT2D eigenvalue weighted by molar-refractivity contribution is 0.0655. The number of halogens is 1. The predicted molar refractivity (Wildman–Crippen MR) is 71.2 cm³/mol. The van der Waals surface area contributed by atoms with Crippen molar-refractivity contribution in [2.24, 2.45) is 0 Å². The van der Waals surface area contributed by atoms with E-state index in [1.54, 1.807) is 12.4 Å². The number of aliphatic hydroxyl groups is 1. The topological polar surface area (TPSA) is 50.9 Å². The van der Waals surface area contributed by atoms with Crippen molar-refractivity contribution in [3.05, 3.63) is 22.0 Å². The molecule has 2 aromatic heterocycles. The first-order valence-electron chi connectivity index (χ1n) is 5.16. The van der Waals surface area contributed by atoms with E-state index in [4.69, 9.17) is 0 Å². The van der Waals surface area contributed by atoms with Gasteiger partial charge >= 0.3 is 0 Å². The molecule has 4 nitrogen and oxygen atoms in total. The normalized spacial score (nSPS) is 12.2. The minimum Gasteiger partial charge on any atom is -0.390 e. The second kappa shape index (κ2) is 4.29. The van der Waals surface area contributed by atoms with Crippen LogP contribution in [-0.2, 0) is 6.54 Å². The van der Waals surface area contributed by atoms with Gasteiger partial charge in [0.2, 0.25) is 0 Å². The largest absolute Gasteiger partial charge is 0.390 e. The van der Waals surface area contributed by atoms with Gasteiger partial charge in [-0.3, -0.25) is 9.67 Å². The van der Waals surface area contributed by atoms with E-state index < -0.39 is 5.60 Å². The third-order valence-corrected chi connectivity index (χ3v) is 3.29. The second-order valence-electron chi connectivity index (χ2n) is 4.46. The maximum atomic E-state index is 9.70. The Balaban J connectivity index is 2.32. The fourth-order valence-electron chi connectivity index (χ4n) is 1.53. The summed E-state index contributed by atoms with van der Waals surface area (Å²) >= 11 is 2.28. The molecular formula is C11H14IN3O. The zero-order chi connectivity index (χ0) is 11.8. The first-order chi connectivity index (χ1) is 7.47. The van der Waals surface area contributed by atoms with Crippen LogP contribution in [-0.4, -0.2) is 25.5 Å². The van der Waals surface area contributed by atoms with Crippen molar-refractivity contribution in [1.29, 1.82) is 0 Å². The highest BCUT2D eigenvalue weighted by Gasteiger charge is 2.14. The van der Waals surface area contributed by atoms with E-state index >= 15 is 0 Å². The van der Waals surface area contributed by atoms with Crippen molar-refractivity contribution in [1.82, 2.24) is 14.8 Å². The van der Waals surface area contributed by atoms with Gasteiger partial charge in [0.15, 0.2) is 0 Å². The number of pyridine rings is 1. The van der Waals surface area contributed by atoms with Crippen LogP contribution >= 0.6 is 22.6 Å². The predicted octanol–water partition coefficient (Wildman–Crippen LogP) is 2.20. The van der Waals surface area contributed by atoms with Crippen molar-refractivity contribution in [3.8, 4) is 0 Å². The summed E-state index contributed by atoms with van der Waals surface area (Å²) in [6.45, 7) is 4.32. The monoisotopic (exact) mass is 331 g/mol. The molecule has 1 N–H and O–H groups in total. The van der Waals surface area contributed by atoms with Crippen molar-refractivity contribution >= 4 is 33.6 Å². The summed E-state index contributed by atoms with van der Waals surface area (Å²) in [5.74, 6) is 0. The van der Waals surface area contributed by atoms with E-state index in [-0.39, 0.29) is 0 Å². The number of fused-ring (bicyclic) bond motifs is 1. The standard InChI is InChI=1S/C11H14IN3O/c1-11(2,16)4-6-15-10-8(12)3-5-13-9(10)7-14-15/h3,5,7,16H,4,6H2,1-2H3. The molecule has 0 amide bonds. The molecule has 0 unspecified atom stereocenters. The minimum atomic E-state index is -0.661. The molecule has 0 aliphatic rings. The number of nitrogens with zero attached hydrogens (tertiary/aromatic N) is 3. The Kier molecular flexibility index (Phi) is 3.16. The number of hydrogen-bond donors (Lipinski definition) is 1. The van der Waals surface area contributed by atoms with Gasteiger partial charge in [-0.2, -0.15) is 5.10 Å². The third kappa shape index (κ3) is 2.52. The Morgan fingerprint density at radius 3 is 2.94 bits per heavy atom. The van der Waals surface area contributed by atoms with E-state index in [1.165, 1.54) is 0 Å². The molecule has 0 aliphatic heterocycles. The first kappa shape index (κ1) is 11.8. The first-order valence-corrected chi connectivity index (χ1v) is 6.24. The van der Waals surface area contributed by atoms with Crippen molar-refractivity contribution in [2.45, 2.75) is 32.4 Å². The van der Waals surface area contributed by atoms with Gasteiger partial charge in [0.1, 0.15) is 11.0 Å². The molecule has 0 aromatic carbocycles. The Labute approximate surface area is 108 Å². The Hall–Kier alpha value is -0.690. The van der Waals surface area contributed by atoms with Crippen LogP contribution in [0.25, 0.3) is 11.0 Å². The van der Waals surface area contributed by atoms with Gasteiger partial charge in [-0.25, -0.2) is 0 Å². The Bertz CT molecular complexity index is 501. The summed E-state index contributed by atoms with van der Waals surface area (Å²) in [4.78, 5) is 4.26. The summed E-state index contributed by atoms with van der Waals surface area (Å²) < 4.78 is 3.04. The molecule has 16 heavy (non-hydrogen) atoms. The van der Waals surface area contributed by atoms with Crippen molar-refractivity contribution in [3.63, 3.8) is 0 Å². The van der Waals surface area contributed by atoms with E-state index in [9.17, 15) is 5.11 Å². The number of aryl methyl sites for hydroxylation is 1. The summed E-state index contributed by atoms with van der Waals surface area (Å²) in [5.41, 5.74) is 1.29. The van der Waals surface area contributed by atoms with Crippen LogP contribution in [0.15, 0.2) is 18.5 Å². The molecule has 2 rings (SSSR count). The SMILES string of the molecule is CC(C)(O)CCn1ncc2nccc(I)c21. The Morgan fingerprint density at radius 2 is 2.25 bits per heavy atom. The summed E-state index contributed by atoms with van der Waals surface area (Å²) in [7, 11) is 0.